The van der Waals surface area contributed by atoms with Gasteiger partial charge >= 0.3 is 0 Å². The molecule has 0 saturated heterocycles. The van der Waals surface area contributed by atoms with E-state index in [2.05, 4.69) is 50.8 Å². The van der Waals surface area contributed by atoms with Crippen molar-refractivity contribution in [3.05, 3.63) is 143 Å². The van der Waals surface area contributed by atoms with E-state index in [1.165, 1.54) is 29.8 Å². The molecule has 0 spiro atoms. The first kappa shape index (κ1) is 29.4. The third-order valence-electron chi connectivity index (χ3n) is 8.15. The maximum Gasteiger partial charge on any atom is 0.173 e. The Balaban J connectivity index is 0.000000147. The van der Waals surface area contributed by atoms with Gasteiger partial charge in [0.2, 0.25) is 0 Å². The average Bonchev–Trinajstić information content (AvgIpc) is 3.77. The molecule has 0 aliphatic carbocycles. The Kier molecular flexibility index (Phi) is 8.52. The SMILES string of the molecule is Fc1ccc(C2c3nnnn3CCN2Cc2cccnc2)cc1.Fc1ccc(C2c3nnnn3CCN2Cc2ccncc2)cc1. The highest BCUT2D eigenvalue weighted by Crippen LogP contribution is 2.32. The Bertz CT molecular complexity index is 1710. The van der Waals surface area contributed by atoms with Crippen LogP contribution in [0.1, 0.15) is 46.0 Å². The van der Waals surface area contributed by atoms with E-state index < -0.39 is 0 Å². The van der Waals surface area contributed by atoms with Gasteiger partial charge in [-0.05, 0) is 85.6 Å². The van der Waals surface area contributed by atoms with Crippen molar-refractivity contribution in [2.75, 3.05) is 13.1 Å². The molecule has 0 N–H and O–H groups in total. The molecule has 6 aromatic rings. The normalized spacial score (nSPS) is 17.9. The van der Waals surface area contributed by atoms with E-state index in [0.717, 1.165) is 67.6 Å². The maximum atomic E-state index is 13.3. The van der Waals surface area contributed by atoms with E-state index in [1.54, 1.807) is 42.9 Å². The zero-order valence-electron chi connectivity index (χ0n) is 24.8. The zero-order chi connectivity index (χ0) is 31.3. The molecule has 46 heavy (non-hydrogen) atoms. The van der Waals surface area contributed by atoms with Gasteiger partial charge in [-0.15, -0.1) is 10.2 Å². The monoisotopic (exact) mass is 620 g/mol. The lowest BCUT2D eigenvalue weighted by Crippen LogP contribution is -2.39. The summed E-state index contributed by atoms with van der Waals surface area (Å²) in [6.07, 6.45) is 7.20. The number of pyridine rings is 2. The Hall–Kier alpha value is -5.34. The van der Waals surface area contributed by atoms with Gasteiger partial charge in [-0.2, -0.15) is 0 Å². The van der Waals surface area contributed by atoms with Crippen LogP contribution in [-0.4, -0.2) is 73.3 Å². The first-order valence-electron chi connectivity index (χ1n) is 14.9. The fourth-order valence-electron chi connectivity index (χ4n) is 5.96. The van der Waals surface area contributed by atoms with Crippen LogP contribution in [0.3, 0.4) is 0 Å². The molecule has 2 aliphatic heterocycles. The number of hydrogen-bond donors (Lipinski definition) is 0. The lowest BCUT2D eigenvalue weighted by molar-refractivity contribution is 0.164. The van der Waals surface area contributed by atoms with E-state index in [4.69, 9.17) is 0 Å². The molecule has 0 amide bonds. The minimum Gasteiger partial charge on any atom is -0.284 e. The summed E-state index contributed by atoms with van der Waals surface area (Å²) < 4.78 is 30.2. The fraction of sp³-hybridized carbons (Fsp3) is 0.250. The van der Waals surface area contributed by atoms with Crippen LogP contribution in [0.5, 0.6) is 0 Å². The van der Waals surface area contributed by atoms with Crippen LogP contribution in [0.2, 0.25) is 0 Å². The van der Waals surface area contributed by atoms with Crippen molar-refractivity contribution in [3.63, 3.8) is 0 Å². The highest BCUT2D eigenvalue weighted by molar-refractivity contribution is 5.28. The molecular weight excluding hydrogens is 590 g/mol. The predicted molar refractivity (Wildman–Crippen MR) is 161 cm³/mol. The second-order valence-electron chi connectivity index (χ2n) is 11.1. The Morgan fingerprint density at radius 3 is 1.59 bits per heavy atom. The molecule has 0 radical (unpaired) electrons. The van der Waals surface area contributed by atoms with E-state index in [9.17, 15) is 8.78 Å². The van der Waals surface area contributed by atoms with E-state index >= 15 is 0 Å². The molecule has 0 fully saturated rings. The van der Waals surface area contributed by atoms with E-state index in [-0.39, 0.29) is 23.7 Å². The number of rotatable bonds is 6. The van der Waals surface area contributed by atoms with Gasteiger partial charge in [0.05, 0.1) is 25.2 Å². The number of fused-ring (bicyclic) bond motifs is 2. The van der Waals surface area contributed by atoms with Crippen molar-refractivity contribution in [2.45, 2.75) is 38.3 Å². The van der Waals surface area contributed by atoms with Gasteiger partial charge in [-0.25, -0.2) is 18.1 Å². The number of halogens is 2. The maximum absolute atomic E-state index is 13.3. The van der Waals surface area contributed by atoms with Gasteiger partial charge in [0.25, 0.3) is 0 Å². The summed E-state index contributed by atoms with van der Waals surface area (Å²) >= 11 is 0. The molecule has 232 valence electrons. The standard InChI is InChI=1S/2C16H15FN6/c17-14-3-1-13(2-4-14)15-16-19-20-21-23(16)10-9-22(15)11-12-5-7-18-8-6-12;17-14-5-3-13(4-6-14)15-16-19-20-21-23(16)9-8-22(15)11-12-2-1-7-18-10-12/h1-8,15H,9-11H2;1-7,10,15H,8-9,11H2. The van der Waals surface area contributed by atoms with Gasteiger partial charge in [0.1, 0.15) is 11.6 Å². The lowest BCUT2D eigenvalue weighted by Gasteiger charge is -2.34. The number of benzene rings is 2. The Labute approximate surface area is 263 Å². The van der Waals surface area contributed by atoms with E-state index in [0.29, 0.717) is 0 Å². The molecule has 2 aromatic carbocycles. The highest BCUT2D eigenvalue weighted by atomic mass is 19.1. The molecule has 2 aliphatic rings. The minimum absolute atomic E-state index is 0.0903. The topological polar surface area (TPSA) is 119 Å². The third-order valence-corrected chi connectivity index (χ3v) is 8.15. The van der Waals surface area contributed by atoms with Crippen LogP contribution >= 0.6 is 0 Å². The molecule has 8 rings (SSSR count). The van der Waals surface area contributed by atoms with Crippen LogP contribution in [0.15, 0.2) is 97.6 Å². The van der Waals surface area contributed by atoms with E-state index in [1.807, 2.05) is 39.8 Å². The average molecular weight is 621 g/mol. The molecular formula is C32H30F2N12. The molecule has 12 nitrogen and oxygen atoms in total. The van der Waals surface area contributed by atoms with Gasteiger partial charge < -0.3 is 0 Å². The van der Waals surface area contributed by atoms with Gasteiger partial charge in [0, 0.05) is 51.0 Å². The predicted octanol–water partition coefficient (Wildman–Crippen LogP) is 3.62. The molecule has 14 heteroatoms. The van der Waals surface area contributed by atoms with Crippen molar-refractivity contribution in [2.24, 2.45) is 0 Å². The minimum atomic E-state index is -0.247. The summed E-state index contributed by atoms with van der Waals surface area (Å²) in [5.74, 6) is 1.08. The molecule has 4 aromatic heterocycles. The van der Waals surface area contributed by atoms with Gasteiger partial charge in [-0.1, -0.05) is 30.3 Å². The summed E-state index contributed by atoms with van der Waals surface area (Å²) in [4.78, 5) is 12.8. The van der Waals surface area contributed by atoms with Crippen LogP contribution in [-0.2, 0) is 26.2 Å². The first-order chi connectivity index (χ1) is 22.6. The zero-order valence-corrected chi connectivity index (χ0v) is 24.8. The second kappa shape index (κ2) is 13.3. The smallest absolute Gasteiger partial charge is 0.173 e. The summed E-state index contributed by atoms with van der Waals surface area (Å²) in [6.45, 7) is 4.61. The fourth-order valence-corrected chi connectivity index (χ4v) is 5.96. The number of hydrogen-bond acceptors (Lipinski definition) is 10. The Morgan fingerprint density at radius 1 is 0.565 bits per heavy atom. The molecule has 2 unspecified atom stereocenters. The van der Waals surface area contributed by atoms with Crippen LogP contribution < -0.4 is 0 Å². The first-order valence-corrected chi connectivity index (χ1v) is 14.9. The van der Waals surface area contributed by atoms with Gasteiger partial charge in [-0.3, -0.25) is 19.8 Å². The Morgan fingerprint density at radius 2 is 1.09 bits per heavy atom. The molecule has 2 atom stereocenters. The summed E-state index contributed by atoms with van der Waals surface area (Å²) in [5.41, 5.74) is 4.26. The van der Waals surface area contributed by atoms with Gasteiger partial charge in [0.15, 0.2) is 11.6 Å². The quantitative estimate of drug-likeness (QED) is 0.273. The molecule has 0 bridgehead atoms. The highest BCUT2D eigenvalue weighted by Gasteiger charge is 2.33. The van der Waals surface area contributed by atoms with Crippen molar-refractivity contribution < 1.29 is 8.78 Å². The summed E-state index contributed by atoms with van der Waals surface area (Å²) in [7, 11) is 0. The second-order valence-corrected chi connectivity index (χ2v) is 11.1. The van der Waals surface area contributed by atoms with Crippen LogP contribution in [0.4, 0.5) is 8.78 Å². The number of aromatic nitrogens is 10. The molecule has 6 heterocycles. The third kappa shape index (κ3) is 6.39. The summed E-state index contributed by atoms with van der Waals surface area (Å²) in [6, 6.07) is 20.9. The number of tetrazole rings is 2. The molecule has 0 saturated carbocycles. The number of nitrogens with zero attached hydrogens (tertiary/aromatic N) is 12. The largest absolute Gasteiger partial charge is 0.284 e. The van der Waals surface area contributed by atoms with Crippen LogP contribution in [0.25, 0.3) is 0 Å². The van der Waals surface area contributed by atoms with Crippen molar-refractivity contribution in [1.82, 2.24) is 60.2 Å². The van der Waals surface area contributed by atoms with Crippen molar-refractivity contribution in [1.29, 1.82) is 0 Å². The van der Waals surface area contributed by atoms with Crippen molar-refractivity contribution in [3.8, 4) is 0 Å². The lowest BCUT2D eigenvalue weighted by atomic mass is 10.0. The van der Waals surface area contributed by atoms with Crippen molar-refractivity contribution >= 4 is 0 Å². The summed E-state index contributed by atoms with van der Waals surface area (Å²) in [5, 5.41) is 24.0. The van der Waals surface area contributed by atoms with Crippen LogP contribution in [0, 0.1) is 11.6 Å².